The van der Waals surface area contributed by atoms with E-state index in [0.717, 1.165) is 11.8 Å². The summed E-state index contributed by atoms with van der Waals surface area (Å²) >= 11 is 0. The van der Waals surface area contributed by atoms with Crippen molar-refractivity contribution in [1.29, 1.82) is 0 Å². The van der Waals surface area contributed by atoms with Crippen molar-refractivity contribution >= 4 is 23.3 Å². The summed E-state index contributed by atoms with van der Waals surface area (Å²) in [4.78, 5) is 25.3. The zero-order chi connectivity index (χ0) is 16.5. The minimum absolute atomic E-state index is 0.0397. The van der Waals surface area contributed by atoms with Crippen molar-refractivity contribution in [2.45, 2.75) is 0 Å². The summed E-state index contributed by atoms with van der Waals surface area (Å²) in [5.74, 6) is -1.15. The van der Waals surface area contributed by atoms with Crippen LogP contribution in [0.3, 0.4) is 0 Å². The second kappa shape index (κ2) is 8.68. The SMILES string of the molecule is COC(=O)C=C(Nc1ccc(N(C)C)cc1)C(=O)NCCO. The molecule has 1 amide bonds. The lowest BCUT2D eigenvalue weighted by molar-refractivity contribution is -0.135. The summed E-state index contributed by atoms with van der Waals surface area (Å²) in [6.07, 6.45) is 1.06. The number of nitrogens with one attached hydrogen (secondary N) is 2. The molecular weight excluding hydrogens is 286 g/mol. The number of benzene rings is 1. The molecule has 1 rings (SSSR count). The van der Waals surface area contributed by atoms with E-state index < -0.39 is 11.9 Å². The topological polar surface area (TPSA) is 90.9 Å². The molecule has 0 atom stereocenters. The summed E-state index contributed by atoms with van der Waals surface area (Å²) in [7, 11) is 5.08. The molecule has 7 nitrogen and oxygen atoms in total. The molecule has 3 N–H and O–H groups in total. The molecule has 1 aromatic carbocycles. The van der Waals surface area contributed by atoms with Gasteiger partial charge in [-0.05, 0) is 24.3 Å². The summed E-state index contributed by atoms with van der Waals surface area (Å²) in [6.45, 7) is -0.0899. The number of aliphatic hydroxyl groups is 1. The van der Waals surface area contributed by atoms with Crippen LogP contribution in [0.4, 0.5) is 11.4 Å². The maximum Gasteiger partial charge on any atom is 0.332 e. The number of anilines is 2. The quantitative estimate of drug-likeness (QED) is 0.497. The lowest BCUT2D eigenvalue weighted by Crippen LogP contribution is -2.31. The summed E-state index contributed by atoms with van der Waals surface area (Å²) in [6, 6.07) is 7.34. The Labute approximate surface area is 129 Å². The summed E-state index contributed by atoms with van der Waals surface area (Å²) in [5.41, 5.74) is 1.70. The van der Waals surface area contributed by atoms with Gasteiger partial charge in [0.1, 0.15) is 5.70 Å². The van der Waals surface area contributed by atoms with Crippen LogP contribution in [0.5, 0.6) is 0 Å². The van der Waals surface area contributed by atoms with Crippen molar-refractivity contribution in [3.05, 3.63) is 36.0 Å². The molecule has 0 unspecified atom stereocenters. The van der Waals surface area contributed by atoms with E-state index in [-0.39, 0.29) is 18.8 Å². The van der Waals surface area contributed by atoms with Crippen molar-refractivity contribution < 1.29 is 19.4 Å². The molecule has 0 bridgehead atoms. The molecule has 120 valence electrons. The normalized spacial score (nSPS) is 10.8. The molecule has 0 aromatic heterocycles. The zero-order valence-electron chi connectivity index (χ0n) is 12.9. The van der Waals surface area contributed by atoms with E-state index in [9.17, 15) is 9.59 Å². The predicted octanol–water partition coefficient (Wildman–Crippen LogP) is 0.330. The highest BCUT2D eigenvalue weighted by Gasteiger charge is 2.12. The Kier molecular flexibility index (Phi) is 6.91. The molecule has 0 saturated heterocycles. The number of methoxy groups -OCH3 is 1. The molecule has 0 radical (unpaired) electrons. The van der Waals surface area contributed by atoms with Gasteiger partial charge in [0.25, 0.3) is 5.91 Å². The highest BCUT2D eigenvalue weighted by molar-refractivity contribution is 6.01. The standard InChI is InChI=1S/C15H21N3O4/c1-18(2)12-6-4-11(5-7-12)17-13(10-14(20)22-3)15(21)16-8-9-19/h4-7,10,17,19H,8-9H2,1-3H3,(H,16,21). The molecule has 0 saturated carbocycles. The van der Waals surface area contributed by atoms with Gasteiger partial charge in [-0.1, -0.05) is 0 Å². The highest BCUT2D eigenvalue weighted by atomic mass is 16.5. The molecular formula is C15H21N3O4. The van der Waals surface area contributed by atoms with E-state index in [4.69, 9.17) is 5.11 Å². The third kappa shape index (κ3) is 5.45. The number of aliphatic hydroxyl groups excluding tert-OH is 1. The first-order chi connectivity index (χ1) is 10.5. The van der Waals surface area contributed by atoms with E-state index in [1.54, 1.807) is 12.1 Å². The van der Waals surface area contributed by atoms with Gasteiger partial charge in [-0.25, -0.2) is 4.79 Å². The number of carbonyl (C=O) groups excluding carboxylic acids is 2. The highest BCUT2D eigenvalue weighted by Crippen LogP contribution is 2.17. The number of rotatable bonds is 7. The van der Waals surface area contributed by atoms with E-state index >= 15 is 0 Å². The first kappa shape index (κ1) is 17.5. The zero-order valence-corrected chi connectivity index (χ0v) is 12.9. The van der Waals surface area contributed by atoms with E-state index in [0.29, 0.717) is 5.69 Å². The fraction of sp³-hybridized carbons (Fsp3) is 0.333. The number of esters is 1. The Bertz CT molecular complexity index is 538. The van der Waals surface area contributed by atoms with Crippen LogP contribution in [0.15, 0.2) is 36.0 Å². The monoisotopic (exact) mass is 307 g/mol. The Balaban J connectivity index is 2.90. The average molecular weight is 307 g/mol. The third-order valence-corrected chi connectivity index (χ3v) is 2.77. The van der Waals surface area contributed by atoms with Crippen molar-refractivity contribution in [3.8, 4) is 0 Å². The van der Waals surface area contributed by atoms with Gasteiger partial charge in [0, 0.05) is 32.0 Å². The number of hydrogen-bond donors (Lipinski definition) is 3. The molecule has 0 spiro atoms. The number of ether oxygens (including phenoxy) is 1. The first-order valence-electron chi connectivity index (χ1n) is 6.71. The maximum absolute atomic E-state index is 12.0. The Hall–Kier alpha value is -2.54. The molecule has 1 aromatic rings. The minimum Gasteiger partial charge on any atom is -0.466 e. The number of nitrogens with zero attached hydrogens (tertiary/aromatic N) is 1. The van der Waals surface area contributed by atoms with Gasteiger partial charge in [0.2, 0.25) is 0 Å². The van der Waals surface area contributed by atoms with Gasteiger partial charge >= 0.3 is 5.97 Å². The number of carbonyl (C=O) groups is 2. The largest absolute Gasteiger partial charge is 0.466 e. The van der Waals surface area contributed by atoms with Crippen LogP contribution in [0.25, 0.3) is 0 Å². The summed E-state index contributed by atoms with van der Waals surface area (Å²) in [5, 5.41) is 14.1. The van der Waals surface area contributed by atoms with Crippen LogP contribution in [0.1, 0.15) is 0 Å². The lowest BCUT2D eigenvalue weighted by atomic mass is 10.2. The van der Waals surface area contributed by atoms with Crippen LogP contribution in [0.2, 0.25) is 0 Å². The van der Waals surface area contributed by atoms with Gasteiger partial charge in [0.05, 0.1) is 19.8 Å². The first-order valence-corrected chi connectivity index (χ1v) is 6.71. The Morgan fingerprint density at radius 2 is 1.91 bits per heavy atom. The molecule has 7 heteroatoms. The van der Waals surface area contributed by atoms with Gasteiger partial charge < -0.3 is 25.4 Å². The van der Waals surface area contributed by atoms with Gasteiger partial charge in [-0.15, -0.1) is 0 Å². The average Bonchev–Trinajstić information content (AvgIpc) is 2.52. The van der Waals surface area contributed by atoms with Crippen molar-refractivity contribution in [2.75, 3.05) is 44.6 Å². The molecule has 0 aliphatic carbocycles. The summed E-state index contributed by atoms with van der Waals surface area (Å²) < 4.78 is 4.53. The number of amides is 1. The van der Waals surface area contributed by atoms with Crippen LogP contribution < -0.4 is 15.5 Å². The van der Waals surface area contributed by atoms with E-state index in [2.05, 4.69) is 15.4 Å². The fourth-order valence-electron chi connectivity index (χ4n) is 1.60. The Morgan fingerprint density at radius 1 is 1.27 bits per heavy atom. The predicted molar refractivity (Wildman–Crippen MR) is 84.6 cm³/mol. The maximum atomic E-state index is 12.0. The second-order valence-electron chi connectivity index (χ2n) is 4.63. The number of hydrogen-bond acceptors (Lipinski definition) is 6. The smallest absolute Gasteiger partial charge is 0.332 e. The minimum atomic E-state index is -0.647. The van der Waals surface area contributed by atoms with Crippen LogP contribution in [-0.4, -0.2) is 51.3 Å². The fourth-order valence-corrected chi connectivity index (χ4v) is 1.60. The van der Waals surface area contributed by atoms with E-state index in [1.165, 1.54) is 7.11 Å². The lowest BCUT2D eigenvalue weighted by Gasteiger charge is -2.14. The third-order valence-electron chi connectivity index (χ3n) is 2.77. The van der Waals surface area contributed by atoms with Crippen LogP contribution >= 0.6 is 0 Å². The molecule has 0 aliphatic rings. The van der Waals surface area contributed by atoms with Gasteiger partial charge in [-0.2, -0.15) is 0 Å². The van der Waals surface area contributed by atoms with E-state index in [1.807, 2.05) is 31.1 Å². The van der Waals surface area contributed by atoms with Crippen molar-refractivity contribution in [1.82, 2.24) is 5.32 Å². The molecule has 22 heavy (non-hydrogen) atoms. The van der Waals surface area contributed by atoms with Crippen molar-refractivity contribution in [3.63, 3.8) is 0 Å². The van der Waals surface area contributed by atoms with Gasteiger partial charge in [-0.3, -0.25) is 4.79 Å². The second-order valence-corrected chi connectivity index (χ2v) is 4.63. The van der Waals surface area contributed by atoms with Crippen LogP contribution in [-0.2, 0) is 14.3 Å². The molecule has 0 aliphatic heterocycles. The Morgan fingerprint density at radius 3 is 2.41 bits per heavy atom. The van der Waals surface area contributed by atoms with Crippen molar-refractivity contribution in [2.24, 2.45) is 0 Å². The van der Waals surface area contributed by atoms with Crippen LogP contribution in [0, 0.1) is 0 Å². The molecule has 0 fully saturated rings. The van der Waals surface area contributed by atoms with Gasteiger partial charge in [0.15, 0.2) is 0 Å². The molecule has 0 heterocycles.